The van der Waals surface area contributed by atoms with Gasteiger partial charge in [0.15, 0.2) is 0 Å². The van der Waals surface area contributed by atoms with Crippen molar-refractivity contribution >= 4 is 11.9 Å². The highest BCUT2D eigenvalue weighted by Gasteiger charge is 2.27. The van der Waals surface area contributed by atoms with E-state index in [2.05, 4.69) is 11.4 Å². The minimum atomic E-state index is -1.46. The van der Waals surface area contributed by atoms with Gasteiger partial charge in [-0.15, -0.1) is 0 Å². The first kappa shape index (κ1) is 19.3. The largest absolute Gasteiger partial charge is 0.481 e. The summed E-state index contributed by atoms with van der Waals surface area (Å²) in [5.74, 6) is -2.50. The van der Waals surface area contributed by atoms with Gasteiger partial charge in [-0.1, -0.05) is 23.3 Å². The number of allylic oxidation sites excluding steroid dienone is 3. The average Bonchev–Trinajstić information content (AvgIpc) is 2.32. The topological polar surface area (TPSA) is 107 Å². The molecular formula is C15H25NO5. The number of aliphatic hydroxyl groups is 1. The lowest BCUT2D eigenvalue weighted by Crippen LogP contribution is -2.47. The summed E-state index contributed by atoms with van der Waals surface area (Å²) in [6.45, 7) is 6.28. The van der Waals surface area contributed by atoms with Gasteiger partial charge in [-0.05, 0) is 33.6 Å². The van der Waals surface area contributed by atoms with E-state index < -0.39 is 30.5 Å². The molecule has 4 N–H and O–H groups in total. The van der Waals surface area contributed by atoms with Crippen LogP contribution in [0.1, 0.15) is 40.0 Å². The van der Waals surface area contributed by atoms with Gasteiger partial charge >= 0.3 is 11.9 Å². The molecule has 0 saturated heterocycles. The summed E-state index contributed by atoms with van der Waals surface area (Å²) in [4.78, 5) is 21.5. The lowest BCUT2D eigenvalue weighted by Gasteiger charge is -2.18. The van der Waals surface area contributed by atoms with Crippen LogP contribution in [0.15, 0.2) is 23.3 Å². The molecule has 120 valence electrons. The number of hydrogen-bond donors (Lipinski definition) is 4. The van der Waals surface area contributed by atoms with Crippen LogP contribution in [0.4, 0.5) is 0 Å². The summed E-state index contributed by atoms with van der Waals surface area (Å²) in [6, 6.07) is -1.29. The number of hydrogen-bond acceptors (Lipinski definition) is 4. The highest BCUT2D eigenvalue weighted by Crippen LogP contribution is 2.06. The quantitative estimate of drug-likeness (QED) is 0.456. The van der Waals surface area contributed by atoms with Crippen LogP contribution in [0.5, 0.6) is 0 Å². The monoisotopic (exact) mass is 299 g/mol. The molecule has 0 radical (unpaired) electrons. The Kier molecular flexibility index (Phi) is 9.32. The van der Waals surface area contributed by atoms with Gasteiger partial charge in [0.25, 0.3) is 0 Å². The Hall–Kier alpha value is -1.66. The third-order valence-electron chi connectivity index (χ3n) is 2.91. The second kappa shape index (κ2) is 10.1. The van der Waals surface area contributed by atoms with E-state index in [4.69, 9.17) is 10.2 Å². The second-order valence-electron chi connectivity index (χ2n) is 5.26. The van der Waals surface area contributed by atoms with Gasteiger partial charge in [0.05, 0.1) is 12.5 Å². The van der Waals surface area contributed by atoms with Crippen LogP contribution in [0.2, 0.25) is 0 Å². The van der Waals surface area contributed by atoms with Crippen LogP contribution in [0.3, 0.4) is 0 Å². The fourth-order valence-corrected chi connectivity index (χ4v) is 1.74. The second-order valence-corrected chi connectivity index (χ2v) is 5.26. The SMILES string of the molecule is CC(C)=CCCC(C)=CCNC(C(=O)O)C(O)CC(=O)O. The van der Waals surface area contributed by atoms with E-state index in [1.54, 1.807) is 0 Å². The van der Waals surface area contributed by atoms with Crippen molar-refractivity contribution in [2.24, 2.45) is 0 Å². The molecule has 0 bridgehead atoms. The van der Waals surface area contributed by atoms with Crippen LogP contribution in [-0.4, -0.2) is 45.9 Å². The van der Waals surface area contributed by atoms with Gasteiger partial charge in [-0.2, -0.15) is 0 Å². The summed E-state index contributed by atoms with van der Waals surface area (Å²) >= 11 is 0. The first-order chi connectivity index (χ1) is 9.73. The zero-order valence-corrected chi connectivity index (χ0v) is 12.8. The van der Waals surface area contributed by atoms with Crippen molar-refractivity contribution in [3.8, 4) is 0 Å². The van der Waals surface area contributed by atoms with Gasteiger partial charge in [0.2, 0.25) is 0 Å². The minimum Gasteiger partial charge on any atom is -0.481 e. The zero-order chi connectivity index (χ0) is 16.4. The Bertz CT molecular complexity index is 410. The molecule has 0 aromatic rings. The zero-order valence-electron chi connectivity index (χ0n) is 12.8. The number of carboxylic acids is 2. The van der Waals surface area contributed by atoms with Crippen LogP contribution in [0.25, 0.3) is 0 Å². The Morgan fingerprint density at radius 3 is 2.24 bits per heavy atom. The molecule has 0 fully saturated rings. The fourth-order valence-electron chi connectivity index (χ4n) is 1.74. The van der Waals surface area contributed by atoms with Gasteiger partial charge in [0.1, 0.15) is 6.04 Å². The summed E-state index contributed by atoms with van der Waals surface area (Å²) in [6.07, 6.45) is 3.72. The number of carboxylic acid groups (broad SMARTS) is 2. The molecule has 0 saturated carbocycles. The van der Waals surface area contributed by atoms with Gasteiger partial charge in [-0.3, -0.25) is 14.9 Å². The van der Waals surface area contributed by atoms with Crippen molar-refractivity contribution in [2.45, 2.75) is 52.2 Å². The summed E-state index contributed by atoms with van der Waals surface area (Å²) < 4.78 is 0. The van der Waals surface area contributed by atoms with Crippen molar-refractivity contribution in [3.05, 3.63) is 23.3 Å². The summed E-state index contributed by atoms with van der Waals surface area (Å²) in [7, 11) is 0. The van der Waals surface area contributed by atoms with E-state index in [0.29, 0.717) is 0 Å². The smallest absolute Gasteiger partial charge is 0.323 e. The van der Waals surface area contributed by atoms with Crippen molar-refractivity contribution < 1.29 is 24.9 Å². The molecule has 0 heterocycles. The Morgan fingerprint density at radius 2 is 1.76 bits per heavy atom. The van der Waals surface area contributed by atoms with Crippen LogP contribution < -0.4 is 5.32 Å². The van der Waals surface area contributed by atoms with Crippen molar-refractivity contribution in [1.82, 2.24) is 5.32 Å². The van der Waals surface area contributed by atoms with Gasteiger partial charge in [0, 0.05) is 6.54 Å². The van der Waals surface area contributed by atoms with Crippen LogP contribution in [-0.2, 0) is 9.59 Å². The predicted molar refractivity (Wildman–Crippen MR) is 80.1 cm³/mol. The highest BCUT2D eigenvalue weighted by molar-refractivity contribution is 5.76. The van der Waals surface area contributed by atoms with Gasteiger partial charge < -0.3 is 15.3 Å². The minimum absolute atomic E-state index is 0.272. The predicted octanol–water partition coefficient (Wildman–Crippen LogP) is 1.56. The Labute approximate surface area is 125 Å². The van der Waals surface area contributed by atoms with E-state index >= 15 is 0 Å². The van der Waals surface area contributed by atoms with Crippen LogP contribution >= 0.6 is 0 Å². The molecule has 21 heavy (non-hydrogen) atoms. The maximum atomic E-state index is 11.0. The third kappa shape index (κ3) is 9.81. The Morgan fingerprint density at radius 1 is 1.14 bits per heavy atom. The molecule has 0 aromatic carbocycles. The normalized spacial score (nSPS) is 14.4. The van der Waals surface area contributed by atoms with E-state index in [1.807, 2.05) is 26.8 Å². The number of aliphatic carboxylic acids is 2. The van der Waals surface area contributed by atoms with Crippen molar-refractivity contribution in [1.29, 1.82) is 0 Å². The molecule has 2 atom stereocenters. The molecule has 0 spiro atoms. The van der Waals surface area contributed by atoms with E-state index in [-0.39, 0.29) is 6.54 Å². The fraction of sp³-hybridized carbons (Fsp3) is 0.600. The lowest BCUT2D eigenvalue weighted by atomic mass is 10.1. The first-order valence-corrected chi connectivity index (χ1v) is 6.89. The molecule has 0 rings (SSSR count). The molecule has 0 aliphatic rings. The maximum Gasteiger partial charge on any atom is 0.323 e. The molecule has 6 heteroatoms. The maximum absolute atomic E-state index is 11.0. The highest BCUT2D eigenvalue weighted by atomic mass is 16.4. The molecule has 6 nitrogen and oxygen atoms in total. The molecule has 0 aliphatic heterocycles. The molecule has 0 amide bonds. The van der Waals surface area contributed by atoms with Gasteiger partial charge in [-0.25, -0.2) is 0 Å². The van der Waals surface area contributed by atoms with E-state index in [0.717, 1.165) is 18.4 Å². The number of carbonyl (C=O) groups is 2. The van der Waals surface area contributed by atoms with E-state index in [1.165, 1.54) is 5.57 Å². The van der Waals surface area contributed by atoms with E-state index in [9.17, 15) is 14.7 Å². The third-order valence-corrected chi connectivity index (χ3v) is 2.91. The summed E-state index contributed by atoms with van der Waals surface area (Å²) in [5.41, 5.74) is 2.36. The molecule has 2 unspecified atom stereocenters. The average molecular weight is 299 g/mol. The number of nitrogens with one attached hydrogen (secondary N) is 1. The summed E-state index contributed by atoms with van der Waals surface area (Å²) in [5, 5.41) is 29.8. The van der Waals surface area contributed by atoms with Crippen LogP contribution in [0, 0.1) is 0 Å². The van der Waals surface area contributed by atoms with Crippen molar-refractivity contribution in [3.63, 3.8) is 0 Å². The van der Waals surface area contributed by atoms with Crippen molar-refractivity contribution in [2.75, 3.05) is 6.54 Å². The number of rotatable bonds is 10. The lowest BCUT2D eigenvalue weighted by molar-refractivity contribution is -0.145. The standard InChI is InChI=1S/C15H25NO5/c1-10(2)5-4-6-11(3)7-8-16-14(15(20)21)12(17)9-13(18)19/h5,7,12,14,16-17H,4,6,8-9H2,1-3H3,(H,18,19)(H,20,21). The Balaban J connectivity index is 4.33. The molecule has 0 aliphatic carbocycles. The molecular weight excluding hydrogens is 274 g/mol. The molecule has 0 aromatic heterocycles. The number of aliphatic hydroxyl groups excluding tert-OH is 1. The first-order valence-electron chi connectivity index (χ1n) is 6.89.